The first-order valence-corrected chi connectivity index (χ1v) is 7.80. The largest absolute Gasteiger partial charge is 0.479 e. The number of aromatic nitrogens is 1. The summed E-state index contributed by atoms with van der Waals surface area (Å²) in [7, 11) is 0. The first-order valence-electron chi connectivity index (χ1n) is 6.98. The van der Waals surface area contributed by atoms with Crippen LogP contribution in [0.15, 0.2) is 0 Å². The minimum absolute atomic E-state index is 0.0895. The normalized spacial score (nSPS) is 19.0. The van der Waals surface area contributed by atoms with Crippen LogP contribution in [0.3, 0.4) is 0 Å². The Morgan fingerprint density at radius 2 is 2.24 bits per heavy atom. The summed E-state index contributed by atoms with van der Waals surface area (Å²) < 4.78 is 5.15. The van der Waals surface area contributed by atoms with E-state index in [4.69, 9.17) is 9.84 Å². The molecule has 1 aromatic heterocycles. The number of carboxylic acids is 1. The molecule has 7 heteroatoms. The van der Waals surface area contributed by atoms with Gasteiger partial charge in [0.15, 0.2) is 6.10 Å². The third kappa shape index (κ3) is 3.79. The van der Waals surface area contributed by atoms with Crippen molar-refractivity contribution in [3.63, 3.8) is 0 Å². The van der Waals surface area contributed by atoms with Crippen LogP contribution in [0.5, 0.6) is 0 Å². The van der Waals surface area contributed by atoms with Gasteiger partial charge in [-0.15, -0.1) is 11.3 Å². The smallest absolute Gasteiger partial charge is 0.334 e. The lowest BCUT2D eigenvalue weighted by Crippen LogP contribution is -2.48. The van der Waals surface area contributed by atoms with Crippen molar-refractivity contribution in [1.82, 2.24) is 9.88 Å². The van der Waals surface area contributed by atoms with Crippen LogP contribution in [0.4, 0.5) is 0 Å². The Kier molecular flexibility index (Phi) is 4.95. The summed E-state index contributed by atoms with van der Waals surface area (Å²) in [5.74, 6) is -0.754. The summed E-state index contributed by atoms with van der Waals surface area (Å²) in [6, 6.07) is 0. The summed E-state index contributed by atoms with van der Waals surface area (Å²) in [4.78, 5) is 30.3. The molecule has 2 rings (SSSR count). The molecule has 1 unspecified atom stereocenters. The van der Waals surface area contributed by atoms with Gasteiger partial charge in [0.25, 0.3) is 5.91 Å². The van der Waals surface area contributed by atoms with Gasteiger partial charge in [0.1, 0.15) is 4.88 Å². The van der Waals surface area contributed by atoms with Crippen LogP contribution >= 0.6 is 11.3 Å². The molecule has 0 radical (unpaired) electrons. The molecule has 1 aromatic rings. The maximum absolute atomic E-state index is 12.6. The number of morpholine rings is 1. The summed E-state index contributed by atoms with van der Waals surface area (Å²) in [5.41, 5.74) is 0.816. The van der Waals surface area contributed by atoms with Gasteiger partial charge in [-0.1, -0.05) is 13.8 Å². The highest BCUT2D eigenvalue weighted by molar-refractivity contribution is 7.13. The maximum atomic E-state index is 12.6. The molecule has 1 amide bonds. The van der Waals surface area contributed by atoms with Gasteiger partial charge < -0.3 is 14.7 Å². The third-order valence-corrected chi connectivity index (χ3v) is 4.23. The van der Waals surface area contributed by atoms with Crippen LogP contribution in [0.25, 0.3) is 0 Å². The topological polar surface area (TPSA) is 79.7 Å². The molecule has 1 N–H and O–H groups in total. The molecule has 6 nitrogen and oxygen atoms in total. The van der Waals surface area contributed by atoms with Crippen LogP contribution in [0.1, 0.15) is 34.2 Å². The lowest BCUT2D eigenvalue weighted by molar-refractivity contribution is -0.154. The van der Waals surface area contributed by atoms with Gasteiger partial charge in [-0.05, 0) is 19.3 Å². The fourth-order valence-electron chi connectivity index (χ4n) is 2.29. The predicted octanol–water partition coefficient (Wildman–Crippen LogP) is 1.58. The Hall–Kier alpha value is -1.47. The second-order valence-corrected chi connectivity index (χ2v) is 6.76. The molecule has 0 aromatic carbocycles. The number of aliphatic carboxylic acids is 1. The van der Waals surface area contributed by atoms with E-state index < -0.39 is 12.1 Å². The molecule has 0 bridgehead atoms. The number of ether oxygens (including phenoxy) is 1. The molecular formula is C14H20N2O4S. The predicted molar refractivity (Wildman–Crippen MR) is 78.7 cm³/mol. The van der Waals surface area contributed by atoms with Crippen molar-refractivity contribution in [2.45, 2.75) is 33.3 Å². The van der Waals surface area contributed by atoms with E-state index in [1.54, 1.807) is 4.90 Å². The number of rotatable bonds is 4. The second kappa shape index (κ2) is 6.53. The molecule has 116 valence electrons. The lowest BCUT2D eigenvalue weighted by Gasteiger charge is -2.30. The van der Waals surface area contributed by atoms with Gasteiger partial charge in [-0.2, -0.15) is 0 Å². The van der Waals surface area contributed by atoms with E-state index in [0.717, 1.165) is 17.1 Å². The van der Waals surface area contributed by atoms with Gasteiger partial charge in [0, 0.05) is 6.54 Å². The summed E-state index contributed by atoms with van der Waals surface area (Å²) in [6.45, 7) is 6.80. The van der Waals surface area contributed by atoms with Crippen LogP contribution < -0.4 is 0 Å². The molecule has 0 spiro atoms. The number of hydrogen-bond acceptors (Lipinski definition) is 5. The molecule has 2 heterocycles. The van der Waals surface area contributed by atoms with Crippen molar-refractivity contribution >= 4 is 23.2 Å². The number of hydrogen-bond donors (Lipinski definition) is 1. The number of carbonyl (C=O) groups excluding carboxylic acids is 1. The monoisotopic (exact) mass is 312 g/mol. The Morgan fingerprint density at radius 1 is 1.52 bits per heavy atom. The molecule has 1 fully saturated rings. The van der Waals surface area contributed by atoms with Gasteiger partial charge >= 0.3 is 5.97 Å². The highest BCUT2D eigenvalue weighted by atomic mass is 32.1. The van der Waals surface area contributed by atoms with Gasteiger partial charge in [0.05, 0.1) is 23.9 Å². The van der Waals surface area contributed by atoms with Crippen LogP contribution in [-0.4, -0.2) is 52.7 Å². The molecule has 21 heavy (non-hydrogen) atoms. The van der Waals surface area contributed by atoms with Gasteiger partial charge in [-0.25, -0.2) is 9.78 Å². The Bertz CT molecular complexity index is 541. The summed E-state index contributed by atoms with van der Waals surface area (Å²) in [6.07, 6.45) is -0.191. The molecule has 1 aliphatic rings. The average Bonchev–Trinajstić information content (AvgIpc) is 2.78. The first-order chi connectivity index (χ1) is 9.88. The number of carboxylic acid groups (broad SMARTS) is 1. The number of carbonyl (C=O) groups is 2. The lowest BCUT2D eigenvalue weighted by atomic mass is 10.1. The molecule has 0 aliphatic carbocycles. The molecule has 1 aliphatic heterocycles. The van der Waals surface area contributed by atoms with Gasteiger partial charge in [0.2, 0.25) is 0 Å². The van der Waals surface area contributed by atoms with Crippen molar-refractivity contribution in [2.24, 2.45) is 5.92 Å². The molecule has 1 atom stereocenters. The molecular weight excluding hydrogens is 292 g/mol. The van der Waals surface area contributed by atoms with E-state index in [0.29, 0.717) is 17.3 Å². The SMILES string of the molecule is Cc1nc(CC(C)C)c(C(=O)N2CCOC(C(=O)O)C2)s1. The first kappa shape index (κ1) is 15.9. The number of nitrogens with zero attached hydrogens (tertiary/aromatic N) is 2. The molecule has 0 saturated carbocycles. The average molecular weight is 312 g/mol. The number of aryl methyl sites for hydroxylation is 1. The third-order valence-electron chi connectivity index (χ3n) is 3.23. The van der Waals surface area contributed by atoms with Crippen molar-refractivity contribution in [3.8, 4) is 0 Å². The number of thiazole rings is 1. The molecule has 1 saturated heterocycles. The Morgan fingerprint density at radius 3 is 2.86 bits per heavy atom. The van der Waals surface area contributed by atoms with Crippen LogP contribution in [0, 0.1) is 12.8 Å². The van der Waals surface area contributed by atoms with Crippen molar-refractivity contribution < 1.29 is 19.4 Å². The van der Waals surface area contributed by atoms with E-state index >= 15 is 0 Å². The zero-order chi connectivity index (χ0) is 15.6. The highest BCUT2D eigenvalue weighted by Gasteiger charge is 2.31. The van der Waals surface area contributed by atoms with E-state index in [9.17, 15) is 9.59 Å². The zero-order valence-electron chi connectivity index (χ0n) is 12.5. The van der Waals surface area contributed by atoms with Gasteiger partial charge in [-0.3, -0.25) is 4.79 Å². The summed E-state index contributed by atoms with van der Waals surface area (Å²) in [5, 5.41) is 9.87. The zero-order valence-corrected chi connectivity index (χ0v) is 13.3. The Balaban J connectivity index is 2.17. The maximum Gasteiger partial charge on any atom is 0.334 e. The van der Waals surface area contributed by atoms with Crippen molar-refractivity contribution in [1.29, 1.82) is 0 Å². The minimum Gasteiger partial charge on any atom is -0.479 e. The van der Waals surface area contributed by atoms with E-state index in [2.05, 4.69) is 18.8 Å². The second-order valence-electron chi connectivity index (χ2n) is 5.56. The fraction of sp³-hybridized carbons (Fsp3) is 0.643. The van der Waals surface area contributed by atoms with Crippen molar-refractivity contribution in [2.75, 3.05) is 19.7 Å². The number of amides is 1. The van der Waals surface area contributed by atoms with E-state index in [1.807, 2.05) is 6.92 Å². The minimum atomic E-state index is -1.03. The van der Waals surface area contributed by atoms with Crippen LogP contribution in [0.2, 0.25) is 0 Å². The highest BCUT2D eigenvalue weighted by Crippen LogP contribution is 2.23. The fourth-order valence-corrected chi connectivity index (χ4v) is 3.20. The Labute approximate surface area is 127 Å². The summed E-state index contributed by atoms with van der Waals surface area (Å²) >= 11 is 1.38. The van der Waals surface area contributed by atoms with Crippen molar-refractivity contribution in [3.05, 3.63) is 15.6 Å². The quantitative estimate of drug-likeness (QED) is 0.913. The van der Waals surface area contributed by atoms with Crippen LogP contribution in [-0.2, 0) is 16.0 Å². The van der Waals surface area contributed by atoms with E-state index in [-0.39, 0.29) is 19.1 Å². The van der Waals surface area contributed by atoms with E-state index in [1.165, 1.54) is 11.3 Å². The standard InChI is InChI=1S/C14H20N2O4S/c1-8(2)6-10-12(21-9(3)15-10)13(17)16-4-5-20-11(7-16)14(18)19/h8,11H,4-7H2,1-3H3,(H,18,19).